The first-order chi connectivity index (χ1) is 18.7. The molecule has 4 aromatic rings. The van der Waals surface area contributed by atoms with E-state index in [9.17, 15) is 18.6 Å². The number of nitrogens with zero attached hydrogens (tertiary/aromatic N) is 2. The molecule has 3 aromatic carbocycles. The lowest BCUT2D eigenvalue weighted by molar-refractivity contribution is 0.106. The minimum Gasteiger partial charge on any atom is -0.508 e. The Labute approximate surface area is 227 Å². The maximum atomic E-state index is 12.9. The van der Waals surface area contributed by atoms with Gasteiger partial charge in [-0.1, -0.05) is 17.3 Å². The summed E-state index contributed by atoms with van der Waals surface area (Å²) in [6.07, 6.45) is -0.0526. The van der Waals surface area contributed by atoms with Crippen molar-refractivity contribution in [2.75, 3.05) is 26.8 Å². The van der Waals surface area contributed by atoms with Crippen molar-refractivity contribution in [1.82, 2.24) is 15.5 Å². The first-order valence-electron chi connectivity index (χ1n) is 12.3. The van der Waals surface area contributed by atoms with Crippen LogP contribution in [0.1, 0.15) is 17.0 Å². The summed E-state index contributed by atoms with van der Waals surface area (Å²) in [7, 11) is -2.09. The van der Waals surface area contributed by atoms with E-state index in [1.165, 1.54) is 0 Å². The summed E-state index contributed by atoms with van der Waals surface area (Å²) in [6, 6.07) is 18.6. The molecular weight excluding hydrogens is 522 g/mol. The number of rotatable bonds is 13. The number of aromatic nitrogens is 2. The molecule has 0 saturated heterocycles. The molecular formula is C28H31N3O7S. The van der Waals surface area contributed by atoms with E-state index in [0.717, 1.165) is 5.56 Å². The highest BCUT2D eigenvalue weighted by Crippen LogP contribution is 2.23. The van der Waals surface area contributed by atoms with Gasteiger partial charge in [-0.2, -0.15) is 4.98 Å². The molecule has 10 nitrogen and oxygen atoms in total. The molecule has 0 aliphatic carbocycles. The lowest BCUT2D eigenvalue weighted by Crippen LogP contribution is -2.32. The molecule has 206 valence electrons. The van der Waals surface area contributed by atoms with Crippen molar-refractivity contribution in [3.63, 3.8) is 0 Å². The van der Waals surface area contributed by atoms with E-state index >= 15 is 0 Å². The smallest absolute Gasteiger partial charge is 0.257 e. The molecule has 0 spiro atoms. The topological polar surface area (TPSA) is 144 Å². The summed E-state index contributed by atoms with van der Waals surface area (Å²) in [6.45, 7) is 2.83. The number of aliphatic hydroxyl groups is 1. The summed E-state index contributed by atoms with van der Waals surface area (Å²) < 4.78 is 41.7. The Morgan fingerprint density at radius 2 is 1.74 bits per heavy atom. The fourth-order valence-electron chi connectivity index (χ4n) is 3.75. The largest absolute Gasteiger partial charge is 0.508 e. The molecule has 3 N–H and O–H groups in total. The second-order valence-electron chi connectivity index (χ2n) is 9.01. The molecule has 11 heteroatoms. The predicted octanol–water partition coefficient (Wildman–Crippen LogP) is 3.31. The summed E-state index contributed by atoms with van der Waals surface area (Å²) in [5.74, 6) is 1.40. The molecule has 0 saturated carbocycles. The minimum atomic E-state index is -3.66. The molecule has 0 fully saturated rings. The number of aromatic hydroxyl groups is 1. The zero-order valence-corrected chi connectivity index (χ0v) is 22.5. The standard InChI is InChI=1S/C28H31N3O7S/c1-19-15-24(9-12-26(19)33)37-17-22(32)16-29-14-13-20-3-10-25(11-4-20)39(34,35)18-27-30-28(38-31-27)21-5-7-23(36-2)8-6-21/h3-12,15,22,29,32-33H,13-14,16-18H2,1-2H3/t22-/m1/s1. The van der Waals surface area contributed by atoms with Crippen molar-refractivity contribution < 1.29 is 32.6 Å². The van der Waals surface area contributed by atoms with Gasteiger partial charge in [0.05, 0.1) is 12.0 Å². The van der Waals surface area contributed by atoms with E-state index in [1.54, 1.807) is 80.8 Å². The summed E-state index contributed by atoms with van der Waals surface area (Å²) in [5.41, 5.74) is 2.32. The number of sulfone groups is 1. The zero-order chi connectivity index (χ0) is 27.8. The average molecular weight is 554 g/mol. The Hall–Kier alpha value is -3.93. The molecule has 39 heavy (non-hydrogen) atoms. The number of hydrogen-bond acceptors (Lipinski definition) is 10. The van der Waals surface area contributed by atoms with Gasteiger partial charge in [0.1, 0.15) is 35.7 Å². The van der Waals surface area contributed by atoms with Crippen LogP contribution in [0.25, 0.3) is 11.5 Å². The van der Waals surface area contributed by atoms with Crippen LogP contribution in [-0.2, 0) is 22.0 Å². The first kappa shape index (κ1) is 28.1. The molecule has 0 radical (unpaired) electrons. The zero-order valence-electron chi connectivity index (χ0n) is 21.7. The number of methoxy groups -OCH3 is 1. The van der Waals surface area contributed by atoms with Crippen LogP contribution >= 0.6 is 0 Å². The number of ether oxygens (including phenoxy) is 2. The first-order valence-corrected chi connectivity index (χ1v) is 14.0. The van der Waals surface area contributed by atoms with Crippen molar-refractivity contribution in [2.45, 2.75) is 30.1 Å². The van der Waals surface area contributed by atoms with Crippen molar-refractivity contribution in [1.29, 1.82) is 0 Å². The third-order valence-corrected chi connectivity index (χ3v) is 7.62. The number of phenols is 1. The van der Waals surface area contributed by atoms with Gasteiger partial charge in [0, 0.05) is 12.1 Å². The van der Waals surface area contributed by atoms with Gasteiger partial charge in [-0.15, -0.1) is 0 Å². The monoisotopic (exact) mass is 553 g/mol. The van der Waals surface area contributed by atoms with E-state index < -0.39 is 15.9 Å². The lowest BCUT2D eigenvalue weighted by atomic mass is 10.1. The van der Waals surface area contributed by atoms with E-state index in [0.29, 0.717) is 42.1 Å². The molecule has 1 aromatic heterocycles. The normalized spacial score (nSPS) is 12.3. The molecule has 0 bridgehead atoms. The highest BCUT2D eigenvalue weighted by Gasteiger charge is 2.20. The van der Waals surface area contributed by atoms with E-state index in [-0.39, 0.29) is 34.7 Å². The number of aliphatic hydroxyl groups excluding tert-OH is 1. The number of aryl methyl sites for hydroxylation is 1. The van der Waals surface area contributed by atoms with E-state index in [2.05, 4.69) is 15.5 Å². The molecule has 1 atom stereocenters. The van der Waals surface area contributed by atoms with Crippen LogP contribution in [0.5, 0.6) is 17.2 Å². The second kappa shape index (κ2) is 12.7. The van der Waals surface area contributed by atoms with Crippen LogP contribution in [0.3, 0.4) is 0 Å². The molecule has 0 unspecified atom stereocenters. The summed E-state index contributed by atoms with van der Waals surface area (Å²) >= 11 is 0. The average Bonchev–Trinajstić information content (AvgIpc) is 3.40. The van der Waals surface area contributed by atoms with Crippen LogP contribution in [-0.4, -0.2) is 61.7 Å². The fourth-order valence-corrected chi connectivity index (χ4v) is 4.93. The van der Waals surface area contributed by atoms with Crippen molar-refractivity contribution in [3.05, 3.63) is 83.7 Å². The van der Waals surface area contributed by atoms with Gasteiger partial charge in [-0.3, -0.25) is 0 Å². The van der Waals surface area contributed by atoms with Crippen molar-refractivity contribution >= 4 is 9.84 Å². The Kier molecular flexibility index (Phi) is 9.18. The van der Waals surface area contributed by atoms with Crippen molar-refractivity contribution in [2.24, 2.45) is 0 Å². The SMILES string of the molecule is COc1ccc(-c2nc(CS(=O)(=O)c3ccc(CCNC[C@@H](O)COc4ccc(O)c(C)c4)cc3)no2)cc1. The van der Waals surface area contributed by atoms with Crippen LogP contribution in [0.4, 0.5) is 0 Å². The summed E-state index contributed by atoms with van der Waals surface area (Å²) in [4.78, 5) is 4.39. The Morgan fingerprint density at radius 3 is 2.44 bits per heavy atom. The quantitative estimate of drug-likeness (QED) is 0.211. The number of hydrogen-bond donors (Lipinski definition) is 3. The van der Waals surface area contributed by atoms with Crippen LogP contribution in [0.15, 0.2) is 76.1 Å². The van der Waals surface area contributed by atoms with Gasteiger partial charge in [0.15, 0.2) is 15.7 Å². The molecule has 0 aliphatic heterocycles. The van der Waals surface area contributed by atoms with Gasteiger partial charge in [-0.05, 0) is 85.6 Å². The highest BCUT2D eigenvalue weighted by molar-refractivity contribution is 7.90. The maximum absolute atomic E-state index is 12.9. The lowest BCUT2D eigenvalue weighted by Gasteiger charge is -2.14. The third kappa shape index (κ3) is 7.79. The van der Waals surface area contributed by atoms with Gasteiger partial charge in [-0.25, -0.2) is 8.42 Å². The Morgan fingerprint density at radius 1 is 1.03 bits per heavy atom. The van der Waals surface area contributed by atoms with Gasteiger partial charge < -0.3 is 29.5 Å². The minimum absolute atomic E-state index is 0.0807. The molecule has 0 aliphatic rings. The van der Waals surface area contributed by atoms with E-state index in [1.807, 2.05) is 0 Å². The Balaban J connectivity index is 1.22. The molecule has 4 rings (SSSR count). The van der Waals surface area contributed by atoms with Crippen LogP contribution in [0, 0.1) is 6.92 Å². The number of phenolic OH excluding ortho intramolecular Hbond substituents is 1. The van der Waals surface area contributed by atoms with Gasteiger partial charge >= 0.3 is 0 Å². The predicted molar refractivity (Wildman–Crippen MR) is 145 cm³/mol. The molecule has 0 amide bonds. The fraction of sp³-hybridized carbons (Fsp3) is 0.286. The van der Waals surface area contributed by atoms with Crippen LogP contribution in [0.2, 0.25) is 0 Å². The van der Waals surface area contributed by atoms with Gasteiger partial charge in [0.2, 0.25) is 0 Å². The third-order valence-electron chi connectivity index (χ3n) is 5.99. The number of benzene rings is 3. The van der Waals surface area contributed by atoms with Crippen molar-refractivity contribution in [3.8, 4) is 28.7 Å². The van der Waals surface area contributed by atoms with Crippen LogP contribution < -0.4 is 14.8 Å². The number of nitrogens with one attached hydrogen (secondary N) is 1. The summed E-state index contributed by atoms with van der Waals surface area (Å²) in [5, 5.41) is 26.7. The molecule has 1 heterocycles. The second-order valence-corrected chi connectivity index (χ2v) is 11.0. The van der Waals surface area contributed by atoms with Gasteiger partial charge in [0.25, 0.3) is 5.89 Å². The Bertz CT molecular complexity index is 1470. The van der Waals surface area contributed by atoms with E-state index in [4.69, 9.17) is 14.0 Å². The maximum Gasteiger partial charge on any atom is 0.257 e. The highest BCUT2D eigenvalue weighted by atomic mass is 32.2.